The highest BCUT2D eigenvalue weighted by atomic mass is 16.5. The number of aromatic nitrogens is 2. The van der Waals surface area contributed by atoms with E-state index in [0.29, 0.717) is 43.4 Å². The molecule has 7 nitrogen and oxygen atoms in total. The minimum absolute atomic E-state index is 0.145. The standard InChI is InChI=1S/C18H23N3O4/c1-2-25-16(22)11-20-9-7-18(24,8-10-20)12-21-13-19-15-6-4-3-5-14(15)17(21)23/h3-6,13,24H,2,7-12H2,1H3. The van der Waals surface area contributed by atoms with E-state index in [4.69, 9.17) is 4.74 Å². The van der Waals surface area contributed by atoms with Crippen LogP contribution in [0.4, 0.5) is 0 Å². The molecule has 7 heteroatoms. The number of carbonyl (C=O) groups excluding carboxylic acids is 1. The molecule has 0 unspecified atom stereocenters. The van der Waals surface area contributed by atoms with Crippen LogP contribution in [-0.4, -0.2) is 57.4 Å². The van der Waals surface area contributed by atoms with Crippen LogP contribution in [0.15, 0.2) is 35.4 Å². The summed E-state index contributed by atoms with van der Waals surface area (Å²) in [7, 11) is 0. The molecule has 0 spiro atoms. The third kappa shape index (κ3) is 4.05. The van der Waals surface area contributed by atoms with Crippen molar-refractivity contribution in [3.63, 3.8) is 0 Å². The van der Waals surface area contributed by atoms with Gasteiger partial charge in [0.2, 0.25) is 0 Å². The number of para-hydroxylation sites is 1. The average Bonchev–Trinajstić information content (AvgIpc) is 2.60. The highest BCUT2D eigenvalue weighted by molar-refractivity contribution is 5.76. The molecule has 1 fully saturated rings. The van der Waals surface area contributed by atoms with Crippen LogP contribution >= 0.6 is 0 Å². The van der Waals surface area contributed by atoms with Gasteiger partial charge < -0.3 is 9.84 Å². The first-order chi connectivity index (χ1) is 12.0. The molecule has 0 aliphatic carbocycles. The summed E-state index contributed by atoms with van der Waals surface area (Å²) in [6, 6.07) is 7.18. The lowest BCUT2D eigenvalue weighted by atomic mass is 9.91. The fraction of sp³-hybridized carbons (Fsp3) is 0.500. The zero-order chi connectivity index (χ0) is 17.9. The largest absolute Gasteiger partial charge is 0.465 e. The van der Waals surface area contributed by atoms with Gasteiger partial charge in [0.05, 0.1) is 42.5 Å². The summed E-state index contributed by atoms with van der Waals surface area (Å²) in [6.07, 6.45) is 2.48. The van der Waals surface area contributed by atoms with Gasteiger partial charge in [0.25, 0.3) is 5.56 Å². The van der Waals surface area contributed by atoms with Gasteiger partial charge in [-0.3, -0.25) is 19.1 Å². The second kappa shape index (κ2) is 7.33. The van der Waals surface area contributed by atoms with E-state index in [9.17, 15) is 14.7 Å². The predicted octanol–water partition coefficient (Wildman–Crippen LogP) is 0.786. The molecular weight excluding hydrogens is 322 g/mol. The number of piperidine rings is 1. The second-order valence-corrected chi connectivity index (χ2v) is 6.50. The number of likely N-dealkylation sites (tertiary alicyclic amines) is 1. The normalized spacial score (nSPS) is 17.5. The topological polar surface area (TPSA) is 84.7 Å². The van der Waals surface area contributed by atoms with Gasteiger partial charge in [0.1, 0.15) is 0 Å². The Kier molecular flexibility index (Phi) is 5.15. The fourth-order valence-electron chi connectivity index (χ4n) is 3.21. The number of hydrogen-bond donors (Lipinski definition) is 1. The molecule has 25 heavy (non-hydrogen) atoms. The molecule has 1 saturated heterocycles. The third-order valence-corrected chi connectivity index (χ3v) is 4.64. The van der Waals surface area contributed by atoms with Gasteiger partial charge in [0.15, 0.2) is 0 Å². The maximum Gasteiger partial charge on any atom is 0.320 e. The van der Waals surface area contributed by atoms with Crippen molar-refractivity contribution in [1.82, 2.24) is 14.5 Å². The Morgan fingerprint density at radius 1 is 1.32 bits per heavy atom. The molecule has 0 amide bonds. The van der Waals surface area contributed by atoms with Crippen LogP contribution in [0.1, 0.15) is 19.8 Å². The van der Waals surface area contributed by atoms with Crippen molar-refractivity contribution in [2.24, 2.45) is 0 Å². The van der Waals surface area contributed by atoms with Gasteiger partial charge in [0, 0.05) is 13.1 Å². The summed E-state index contributed by atoms with van der Waals surface area (Å²) in [5.41, 5.74) is -0.466. The zero-order valence-corrected chi connectivity index (χ0v) is 14.4. The first-order valence-electron chi connectivity index (χ1n) is 8.55. The van der Waals surface area contributed by atoms with Gasteiger partial charge >= 0.3 is 5.97 Å². The minimum atomic E-state index is -0.973. The Morgan fingerprint density at radius 2 is 2.04 bits per heavy atom. The Balaban J connectivity index is 1.67. The van der Waals surface area contributed by atoms with E-state index >= 15 is 0 Å². The number of ether oxygens (including phenoxy) is 1. The van der Waals surface area contributed by atoms with E-state index < -0.39 is 5.60 Å². The SMILES string of the molecule is CCOC(=O)CN1CCC(O)(Cn2cnc3ccccc3c2=O)CC1. The number of rotatable bonds is 5. The number of aliphatic hydroxyl groups is 1. The van der Waals surface area contributed by atoms with E-state index in [-0.39, 0.29) is 24.6 Å². The first kappa shape index (κ1) is 17.6. The highest BCUT2D eigenvalue weighted by Crippen LogP contribution is 2.23. The number of fused-ring (bicyclic) bond motifs is 1. The number of esters is 1. The summed E-state index contributed by atoms with van der Waals surface area (Å²) >= 11 is 0. The molecule has 1 aliphatic rings. The van der Waals surface area contributed by atoms with Gasteiger partial charge in [-0.05, 0) is 31.9 Å². The second-order valence-electron chi connectivity index (χ2n) is 6.50. The summed E-state index contributed by atoms with van der Waals surface area (Å²) in [4.78, 5) is 30.4. The van der Waals surface area contributed by atoms with Crippen LogP contribution in [0.3, 0.4) is 0 Å². The van der Waals surface area contributed by atoms with Crippen LogP contribution in [0.5, 0.6) is 0 Å². The molecule has 2 aromatic rings. The van der Waals surface area contributed by atoms with Crippen molar-refractivity contribution in [3.8, 4) is 0 Å². The van der Waals surface area contributed by atoms with Crippen molar-refractivity contribution in [1.29, 1.82) is 0 Å². The van der Waals surface area contributed by atoms with Gasteiger partial charge in [-0.1, -0.05) is 12.1 Å². The average molecular weight is 345 g/mol. The van der Waals surface area contributed by atoms with Crippen molar-refractivity contribution < 1.29 is 14.6 Å². The Bertz CT molecular complexity index is 809. The van der Waals surface area contributed by atoms with E-state index in [0.717, 1.165) is 0 Å². The first-order valence-corrected chi connectivity index (χ1v) is 8.55. The summed E-state index contributed by atoms with van der Waals surface area (Å²) in [5.74, 6) is -0.247. The molecule has 0 saturated carbocycles. The molecule has 134 valence electrons. The van der Waals surface area contributed by atoms with Gasteiger partial charge in [-0.2, -0.15) is 0 Å². The number of hydrogen-bond acceptors (Lipinski definition) is 6. The maximum absolute atomic E-state index is 12.6. The number of carbonyl (C=O) groups is 1. The van der Waals surface area contributed by atoms with Crippen LogP contribution in [0, 0.1) is 0 Å². The van der Waals surface area contributed by atoms with Crippen LogP contribution < -0.4 is 5.56 Å². The highest BCUT2D eigenvalue weighted by Gasteiger charge is 2.33. The molecule has 1 aliphatic heterocycles. The molecule has 1 N–H and O–H groups in total. The van der Waals surface area contributed by atoms with E-state index in [1.54, 1.807) is 25.1 Å². The Labute approximate surface area is 145 Å². The monoisotopic (exact) mass is 345 g/mol. The quantitative estimate of drug-likeness (QED) is 0.807. The molecule has 1 aromatic carbocycles. The van der Waals surface area contributed by atoms with Crippen molar-refractivity contribution in [3.05, 3.63) is 40.9 Å². The summed E-state index contributed by atoms with van der Waals surface area (Å²) in [5, 5.41) is 11.4. The fourth-order valence-corrected chi connectivity index (χ4v) is 3.21. The summed E-state index contributed by atoms with van der Waals surface area (Å²) in [6.45, 7) is 3.77. The minimum Gasteiger partial charge on any atom is -0.465 e. The van der Waals surface area contributed by atoms with Crippen molar-refractivity contribution in [2.75, 3.05) is 26.2 Å². The maximum atomic E-state index is 12.6. The van der Waals surface area contributed by atoms with Crippen LogP contribution in [-0.2, 0) is 16.1 Å². The molecule has 0 bridgehead atoms. The van der Waals surface area contributed by atoms with Crippen molar-refractivity contribution >= 4 is 16.9 Å². The van der Waals surface area contributed by atoms with Crippen LogP contribution in [0.25, 0.3) is 10.9 Å². The van der Waals surface area contributed by atoms with Crippen LogP contribution in [0.2, 0.25) is 0 Å². The summed E-state index contributed by atoms with van der Waals surface area (Å²) < 4.78 is 6.43. The molecule has 0 atom stereocenters. The van der Waals surface area contributed by atoms with E-state index in [2.05, 4.69) is 4.98 Å². The van der Waals surface area contributed by atoms with Gasteiger partial charge in [-0.25, -0.2) is 4.98 Å². The lowest BCUT2D eigenvalue weighted by Crippen LogP contribution is -2.49. The van der Waals surface area contributed by atoms with E-state index in [1.165, 1.54) is 10.9 Å². The lowest BCUT2D eigenvalue weighted by molar-refractivity contribution is -0.145. The van der Waals surface area contributed by atoms with Crippen molar-refractivity contribution in [2.45, 2.75) is 31.9 Å². The zero-order valence-electron chi connectivity index (χ0n) is 14.4. The molecule has 1 aromatic heterocycles. The predicted molar refractivity (Wildman–Crippen MR) is 93.3 cm³/mol. The third-order valence-electron chi connectivity index (χ3n) is 4.64. The number of nitrogens with zero attached hydrogens (tertiary/aromatic N) is 3. The molecular formula is C18H23N3O4. The molecule has 0 radical (unpaired) electrons. The molecule has 2 heterocycles. The Hall–Kier alpha value is -2.25. The van der Waals surface area contributed by atoms with Gasteiger partial charge in [-0.15, -0.1) is 0 Å². The number of benzene rings is 1. The Morgan fingerprint density at radius 3 is 2.76 bits per heavy atom. The smallest absolute Gasteiger partial charge is 0.320 e. The van der Waals surface area contributed by atoms with E-state index in [1.807, 2.05) is 11.0 Å². The lowest BCUT2D eigenvalue weighted by Gasteiger charge is -2.37. The molecule has 3 rings (SSSR count).